The normalized spacial score (nSPS) is 17.9. The van der Waals surface area contributed by atoms with Crippen LogP contribution in [0.2, 0.25) is 0 Å². The molecule has 1 saturated heterocycles. The predicted molar refractivity (Wildman–Crippen MR) is 70.0 cm³/mol. The van der Waals surface area contributed by atoms with E-state index in [1.165, 1.54) is 57.4 Å². The van der Waals surface area contributed by atoms with E-state index in [4.69, 9.17) is 12.2 Å². The van der Waals surface area contributed by atoms with Gasteiger partial charge in [-0.3, -0.25) is 0 Å². The van der Waals surface area contributed by atoms with Crippen molar-refractivity contribution in [1.82, 2.24) is 4.90 Å². The number of rotatable bonds is 3. The minimum atomic E-state index is 1.14. The van der Waals surface area contributed by atoms with Crippen LogP contribution in [0.3, 0.4) is 0 Å². The van der Waals surface area contributed by atoms with Crippen molar-refractivity contribution < 1.29 is 0 Å². The molecule has 0 aromatic rings. The first kappa shape index (κ1) is 12.3. The fourth-order valence-electron chi connectivity index (χ4n) is 1.65. The SMILES string of the molecule is CCCCSC(=S)N1CCCCCC1. The molecular formula is C11H21NS2. The second kappa shape index (κ2) is 7.52. The highest BCUT2D eigenvalue weighted by molar-refractivity contribution is 8.22. The number of hydrogen-bond acceptors (Lipinski definition) is 2. The van der Waals surface area contributed by atoms with Crippen LogP contribution in [0, 0.1) is 0 Å². The van der Waals surface area contributed by atoms with Gasteiger partial charge >= 0.3 is 0 Å². The van der Waals surface area contributed by atoms with Crippen molar-refractivity contribution in [3.63, 3.8) is 0 Å². The Bertz CT molecular complexity index is 163. The topological polar surface area (TPSA) is 3.24 Å². The summed E-state index contributed by atoms with van der Waals surface area (Å²) in [4.78, 5) is 2.41. The van der Waals surface area contributed by atoms with Crippen LogP contribution in [0.1, 0.15) is 45.4 Å². The molecule has 0 aromatic heterocycles. The lowest BCUT2D eigenvalue weighted by Gasteiger charge is -2.22. The lowest BCUT2D eigenvalue weighted by atomic mass is 10.2. The fraction of sp³-hybridized carbons (Fsp3) is 0.909. The van der Waals surface area contributed by atoms with Gasteiger partial charge < -0.3 is 4.90 Å². The number of likely N-dealkylation sites (tertiary alicyclic amines) is 1. The molecule has 0 radical (unpaired) electrons. The van der Waals surface area contributed by atoms with E-state index in [0.717, 1.165) is 4.32 Å². The van der Waals surface area contributed by atoms with E-state index in [9.17, 15) is 0 Å². The summed E-state index contributed by atoms with van der Waals surface area (Å²) >= 11 is 7.31. The number of thiocarbonyl (C=S) groups is 1. The van der Waals surface area contributed by atoms with E-state index < -0.39 is 0 Å². The zero-order valence-electron chi connectivity index (χ0n) is 9.13. The van der Waals surface area contributed by atoms with E-state index in [-0.39, 0.29) is 0 Å². The van der Waals surface area contributed by atoms with Crippen LogP contribution in [-0.2, 0) is 0 Å². The molecule has 14 heavy (non-hydrogen) atoms. The van der Waals surface area contributed by atoms with Crippen molar-refractivity contribution in [2.75, 3.05) is 18.8 Å². The molecule has 3 heteroatoms. The monoisotopic (exact) mass is 231 g/mol. The largest absolute Gasteiger partial charge is 0.358 e. The third-order valence-corrected chi connectivity index (χ3v) is 4.20. The van der Waals surface area contributed by atoms with Crippen molar-refractivity contribution in [1.29, 1.82) is 0 Å². The highest BCUT2D eigenvalue weighted by Crippen LogP contribution is 2.16. The summed E-state index contributed by atoms with van der Waals surface area (Å²) in [6.45, 7) is 4.62. The van der Waals surface area contributed by atoms with Crippen molar-refractivity contribution in [2.24, 2.45) is 0 Å². The van der Waals surface area contributed by atoms with Gasteiger partial charge in [0, 0.05) is 18.8 Å². The van der Waals surface area contributed by atoms with Crippen molar-refractivity contribution in [3.05, 3.63) is 0 Å². The van der Waals surface area contributed by atoms with E-state index in [1.807, 2.05) is 11.8 Å². The van der Waals surface area contributed by atoms with E-state index in [0.29, 0.717) is 0 Å². The quantitative estimate of drug-likeness (QED) is 0.539. The summed E-state index contributed by atoms with van der Waals surface area (Å²) in [6.07, 6.45) is 7.99. The number of hydrogen-bond donors (Lipinski definition) is 0. The van der Waals surface area contributed by atoms with Crippen LogP contribution in [-0.4, -0.2) is 28.1 Å². The molecule has 1 heterocycles. The molecule has 0 bridgehead atoms. The first-order chi connectivity index (χ1) is 6.84. The molecule has 82 valence electrons. The van der Waals surface area contributed by atoms with Crippen LogP contribution in [0.15, 0.2) is 0 Å². The van der Waals surface area contributed by atoms with Gasteiger partial charge in [0.1, 0.15) is 4.32 Å². The van der Waals surface area contributed by atoms with Crippen LogP contribution < -0.4 is 0 Å². The maximum atomic E-state index is 5.44. The summed E-state index contributed by atoms with van der Waals surface area (Å²) in [5, 5.41) is 0. The van der Waals surface area contributed by atoms with Crippen molar-refractivity contribution >= 4 is 28.3 Å². The molecule has 0 aliphatic carbocycles. The molecule has 0 aromatic carbocycles. The van der Waals surface area contributed by atoms with Gasteiger partial charge in [0.2, 0.25) is 0 Å². The van der Waals surface area contributed by atoms with Gasteiger partial charge in [-0.05, 0) is 19.3 Å². The third-order valence-electron chi connectivity index (χ3n) is 2.59. The van der Waals surface area contributed by atoms with Gasteiger partial charge in [0.15, 0.2) is 0 Å². The average Bonchev–Trinajstić information content (AvgIpc) is 2.46. The highest BCUT2D eigenvalue weighted by atomic mass is 32.2. The Balaban J connectivity index is 2.20. The number of nitrogens with zero attached hydrogens (tertiary/aromatic N) is 1. The minimum absolute atomic E-state index is 1.14. The van der Waals surface area contributed by atoms with E-state index >= 15 is 0 Å². The molecule has 1 nitrogen and oxygen atoms in total. The number of thioether (sulfide) groups is 1. The Morgan fingerprint density at radius 3 is 2.43 bits per heavy atom. The summed E-state index contributed by atoms with van der Waals surface area (Å²) < 4.78 is 1.14. The lowest BCUT2D eigenvalue weighted by Crippen LogP contribution is -2.28. The second-order valence-corrected chi connectivity index (χ2v) is 5.60. The molecule has 1 aliphatic heterocycles. The highest BCUT2D eigenvalue weighted by Gasteiger charge is 2.11. The molecule has 1 aliphatic rings. The summed E-state index contributed by atoms with van der Waals surface area (Å²) in [5.74, 6) is 1.20. The van der Waals surface area contributed by atoms with Crippen LogP contribution >= 0.6 is 24.0 Å². The Hall–Kier alpha value is 0.240. The predicted octanol–water partition coefficient (Wildman–Crippen LogP) is 3.68. The first-order valence-electron chi connectivity index (χ1n) is 5.76. The zero-order chi connectivity index (χ0) is 10.2. The molecule has 0 unspecified atom stereocenters. The Morgan fingerprint density at radius 1 is 1.21 bits per heavy atom. The molecule has 0 saturated carbocycles. The molecule has 1 rings (SSSR count). The fourth-order valence-corrected chi connectivity index (χ4v) is 3.05. The molecular weight excluding hydrogens is 210 g/mol. The Labute approximate surface area is 97.6 Å². The van der Waals surface area contributed by atoms with Gasteiger partial charge in [0.05, 0.1) is 0 Å². The van der Waals surface area contributed by atoms with Gasteiger partial charge in [-0.25, -0.2) is 0 Å². The van der Waals surface area contributed by atoms with Crippen LogP contribution in [0.4, 0.5) is 0 Å². The van der Waals surface area contributed by atoms with Crippen molar-refractivity contribution in [3.8, 4) is 0 Å². The molecule has 0 spiro atoms. The van der Waals surface area contributed by atoms with E-state index in [1.54, 1.807) is 0 Å². The maximum Gasteiger partial charge on any atom is 0.136 e. The van der Waals surface area contributed by atoms with Gasteiger partial charge in [-0.15, -0.1) is 0 Å². The Morgan fingerprint density at radius 2 is 1.86 bits per heavy atom. The Kier molecular flexibility index (Phi) is 6.61. The summed E-state index contributed by atoms with van der Waals surface area (Å²) in [6, 6.07) is 0. The van der Waals surface area contributed by atoms with Crippen LogP contribution in [0.5, 0.6) is 0 Å². The minimum Gasteiger partial charge on any atom is -0.358 e. The zero-order valence-corrected chi connectivity index (χ0v) is 10.8. The standard InChI is InChI=1S/C11H21NS2/c1-2-3-10-14-11(13)12-8-6-4-5-7-9-12/h2-10H2,1H3. The second-order valence-electron chi connectivity index (χ2n) is 3.87. The molecule has 0 amide bonds. The van der Waals surface area contributed by atoms with Crippen molar-refractivity contribution in [2.45, 2.75) is 45.4 Å². The van der Waals surface area contributed by atoms with E-state index in [2.05, 4.69) is 11.8 Å². The first-order valence-corrected chi connectivity index (χ1v) is 7.15. The molecule has 0 N–H and O–H groups in total. The van der Waals surface area contributed by atoms with Crippen LogP contribution in [0.25, 0.3) is 0 Å². The maximum absolute atomic E-state index is 5.44. The average molecular weight is 231 g/mol. The molecule has 1 fully saturated rings. The lowest BCUT2D eigenvalue weighted by molar-refractivity contribution is 0.450. The van der Waals surface area contributed by atoms with Gasteiger partial charge in [0.25, 0.3) is 0 Å². The molecule has 0 atom stereocenters. The number of unbranched alkanes of at least 4 members (excludes halogenated alkanes) is 1. The summed E-state index contributed by atoms with van der Waals surface area (Å²) in [5.41, 5.74) is 0. The van der Waals surface area contributed by atoms with Gasteiger partial charge in [-0.1, -0.05) is 50.2 Å². The summed E-state index contributed by atoms with van der Waals surface area (Å²) in [7, 11) is 0. The van der Waals surface area contributed by atoms with Gasteiger partial charge in [-0.2, -0.15) is 0 Å². The third kappa shape index (κ3) is 4.65. The smallest absolute Gasteiger partial charge is 0.136 e.